The molecule has 1 rings (SSSR count). The number of rotatable bonds is 3. The van der Waals surface area contributed by atoms with Crippen LogP contribution in [0.15, 0.2) is 22.8 Å². The molecule has 3 heteroatoms. The number of hydrogen-bond acceptors (Lipinski definition) is 3. The lowest BCUT2D eigenvalue weighted by Crippen LogP contribution is -2.14. The van der Waals surface area contributed by atoms with Crippen LogP contribution in [0, 0.1) is 0 Å². The summed E-state index contributed by atoms with van der Waals surface area (Å²) in [6, 6.07) is 3.64. The van der Waals surface area contributed by atoms with E-state index in [4.69, 9.17) is 15.9 Å². The molecule has 1 atom stereocenters. The molecule has 0 spiro atoms. The molecule has 3 nitrogen and oxygen atoms in total. The summed E-state index contributed by atoms with van der Waals surface area (Å²) in [6.07, 6.45) is 2.39. The SMILES string of the molecule is NCC[C@H](N)c1ccco1. The Balaban J connectivity index is 2.50. The number of furan rings is 1. The average molecular weight is 140 g/mol. The Morgan fingerprint density at radius 2 is 2.40 bits per heavy atom. The third-order valence-corrected chi connectivity index (χ3v) is 1.39. The molecular formula is C7H12N2O. The summed E-state index contributed by atoms with van der Waals surface area (Å²) < 4.78 is 5.07. The van der Waals surface area contributed by atoms with E-state index in [9.17, 15) is 0 Å². The summed E-state index contributed by atoms with van der Waals surface area (Å²) in [6.45, 7) is 0.599. The van der Waals surface area contributed by atoms with Crippen molar-refractivity contribution in [3.8, 4) is 0 Å². The zero-order valence-corrected chi connectivity index (χ0v) is 5.79. The molecule has 4 N–H and O–H groups in total. The van der Waals surface area contributed by atoms with Gasteiger partial charge in [-0.2, -0.15) is 0 Å². The summed E-state index contributed by atoms with van der Waals surface area (Å²) in [7, 11) is 0. The van der Waals surface area contributed by atoms with E-state index in [1.54, 1.807) is 6.26 Å². The van der Waals surface area contributed by atoms with Gasteiger partial charge in [0.25, 0.3) is 0 Å². The van der Waals surface area contributed by atoms with Crippen LogP contribution in [0.3, 0.4) is 0 Å². The van der Waals surface area contributed by atoms with Crippen LogP contribution in [0.1, 0.15) is 18.2 Å². The van der Waals surface area contributed by atoms with E-state index >= 15 is 0 Å². The van der Waals surface area contributed by atoms with Gasteiger partial charge in [0.1, 0.15) is 5.76 Å². The Bertz CT molecular complexity index is 172. The molecule has 0 amide bonds. The smallest absolute Gasteiger partial charge is 0.120 e. The first-order chi connectivity index (χ1) is 4.84. The molecule has 0 aromatic carbocycles. The number of hydrogen-bond donors (Lipinski definition) is 2. The van der Waals surface area contributed by atoms with Crippen LogP contribution >= 0.6 is 0 Å². The highest BCUT2D eigenvalue weighted by Crippen LogP contribution is 2.12. The molecule has 0 aliphatic carbocycles. The van der Waals surface area contributed by atoms with Crippen LogP contribution in [0.5, 0.6) is 0 Å². The molecule has 0 unspecified atom stereocenters. The molecule has 0 saturated carbocycles. The van der Waals surface area contributed by atoms with Gasteiger partial charge in [-0.05, 0) is 25.1 Å². The fraction of sp³-hybridized carbons (Fsp3) is 0.429. The first-order valence-corrected chi connectivity index (χ1v) is 3.33. The molecule has 10 heavy (non-hydrogen) atoms. The summed E-state index contributed by atoms with van der Waals surface area (Å²) in [5, 5.41) is 0. The Morgan fingerprint density at radius 1 is 1.60 bits per heavy atom. The second-order valence-electron chi connectivity index (χ2n) is 2.20. The molecule has 0 fully saturated rings. The monoisotopic (exact) mass is 140 g/mol. The van der Waals surface area contributed by atoms with Crippen LogP contribution < -0.4 is 11.5 Å². The van der Waals surface area contributed by atoms with Crippen LogP contribution in [-0.4, -0.2) is 6.54 Å². The van der Waals surface area contributed by atoms with Crippen molar-refractivity contribution in [2.75, 3.05) is 6.54 Å². The second-order valence-corrected chi connectivity index (χ2v) is 2.20. The fourth-order valence-corrected chi connectivity index (χ4v) is 0.824. The predicted molar refractivity (Wildman–Crippen MR) is 39.3 cm³/mol. The molecule has 0 saturated heterocycles. The lowest BCUT2D eigenvalue weighted by molar-refractivity contribution is 0.455. The lowest BCUT2D eigenvalue weighted by atomic mass is 10.2. The van der Waals surface area contributed by atoms with E-state index in [2.05, 4.69) is 0 Å². The molecule has 0 aliphatic heterocycles. The maximum atomic E-state index is 5.68. The van der Waals surface area contributed by atoms with Crippen molar-refractivity contribution in [2.45, 2.75) is 12.5 Å². The maximum Gasteiger partial charge on any atom is 0.120 e. The van der Waals surface area contributed by atoms with Gasteiger partial charge in [0.05, 0.1) is 12.3 Å². The van der Waals surface area contributed by atoms with Crippen molar-refractivity contribution in [2.24, 2.45) is 11.5 Å². The third kappa shape index (κ3) is 1.59. The molecular weight excluding hydrogens is 128 g/mol. The lowest BCUT2D eigenvalue weighted by Gasteiger charge is -2.04. The average Bonchev–Trinajstić information content (AvgIpc) is 2.38. The van der Waals surface area contributed by atoms with Gasteiger partial charge in [0.2, 0.25) is 0 Å². The van der Waals surface area contributed by atoms with E-state index < -0.39 is 0 Å². The van der Waals surface area contributed by atoms with Crippen LogP contribution in [0.2, 0.25) is 0 Å². The highest BCUT2D eigenvalue weighted by Gasteiger charge is 2.05. The van der Waals surface area contributed by atoms with Gasteiger partial charge in [-0.15, -0.1) is 0 Å². The van der Waals surface area contributed by atoms with E-state index in [0.29, 0.717) is 6.54 Å². The van der Waals surface area contributed by atoms with Crippen molar-refractivity contribution in [3.63, 3.8) is 0 Å². The summed E-state index contributed by atoms with van der Waals surface area (Å²) in [5.74, 6) is 0.811. The van der Waals surface area contributed by atoms with E-state index in [1.165, 1.54) is 0 Å². The van der Waals surface area contributed by atoms with Crippen molar-refractivity contribution in [3.05, 3.63) is 24.2 Å². The van der Waals surface area contributed by atoms with Gasteiger partial charge >= 0.3 is 0 Å². The van der Waals surface area contributed by atoms with Gasteiger partial charge < -0.3 is 15.9 Å². The molecule has 0 aliphatic rings. The highest BCUT2D eigenvalue weighted by atomic mass is 16.3. The number of nitrogens with two attached hydrogens (primary N) is 2. The van der Waals surface area contributed by atoms with Crippen LogP contribution in [0.4, 0.5) is 0 Å². The van der Waals surface area contributed by atoms with E-state index in [-0.39, 0.29) is 6.04 Å². The minimum absolute atomic E-state index is 0.0417. The van der Waals surface area contributed by atoms with Crippen LogP contribution in [-0.2, 0) is 0 Å². The molecule has 56 valence electrons. The first-order valence-electron chi connectivity index (χ1n) is 3.33. The molecule has 0 radical (unpaired) electrons. The van der Waals surface area contributed by atoms with Gasteiger partial charge in [-0.1, -0.05) is 0 Å². The first kappa shape index (κ1) is 7.31. The standard InChI is InChI=1S/C7H12N2O/c8-4-3-6(9)7-2-1-5-10-7/h1-2,5-6H,3-4,8-9H2/t6-/m0/s1. The van der Waals surface area contributed by atoms with Crippen molar-refractivity contribution >= 4 is 0 Å². The van der Waals surface area contributed by atoms with Gasteiger partial charge in [0.15, 0.2) is 0 Å². The molecule has 1 heterocycles. The topological polar surface area (TPSA) is 65.2 Å². The van der Waals surface area contributed by atoms with Crippen molar-refractivity contribution < 1.29 is 4.42 Å². The fourth-order valence-electron chi connectivity index (χ4n) is 0.824. The van der Waals surface area contributed by atoms with Gasteiger partial charge in [0, 0.05) is 0 Å². The van der Waals surface area contributed by atoms with E-state index in [1.807, 2.05) is 12.1 Å². The highest BCUT2D eigenvalue weighted by molar-refractivity contribution is 5.03. The van der Waals surface area contributed by atoms with Gasteiger partial charge in [-0.3, -0.25) is 0 Å². The summed E-state index contributed by atoms with van der Waals surface area (Å²) in [5.41, 5.74) is 11.0. The minimum Gasteiger partial charge on any atom is -0.468 e. The van der Waals surface area contributed by atoms with E-state index in [0.717, 1.165) is 12.2 Å². The molecule has 1 aromatic heterocycles. The Labute approximate surface area is 60.0 Å². The quantitative estimate of drug-likeness (QED) is 0.647. The predicted octanol–water partition coefficient (Wildman–Crippen LogP) is 0.628. The Kier molecular flexibility index (Phi) is 2.48. The van der Waals surface area contributed by atoms with Crippen molar-refractivity contribution in [1.82, 2.24) is 0 Å². The summed E-state index contributed by atoms with van der Waals surface area (Å²) in [4.78, 5) is 0. The largest absolute Gasteiger partial charge is 0.468 e. The maximum absolute atomic E-state index is 5.68. The zero-order valence-electron chi connectivity index (χ0n) is 5.79. The Morgan fingerprint density at radius 3 is 2.90 bits per heavy atom. The normalized spacial score (nSPS) is 13.4. The molecule has 0 bridgehead atoms. The van der Waals surface area contributed by atoms with Crippen molar-refractivity contribution in [1.29, 1.82) is 0 Å². The molecule has 1 aromatic rings. The third-order valence-electron chi connectivity index (χ3n) is 1.39. The van der Waals surface area contributed by atoms with Gasteiger partial charge in [-0.25, -0.2) is 0 Å². The van der Waals surface area contributed by atoms with Crippen LogP contribution in [0.25, 0.3) is 0 Å². The summed E-state index contributed by atoms with van der Waals surface area (Å²) >= 11 is 0. The Hall–Kier alpha value is -0.800. The second kappa shape index (κ2) is 3.39. The zero-order chi connectivity index (χ0) is 7.40. The minimum atomic E-state index is -0.0417.